The molecular formula is C16H19N3O. The maximum absolute atomic E-state index is 12.6. The Labute approximate surface area is 119 Å². The summed E-state index contributed by atoms with van der Waals surface area (Å²) < 4.78 is 0. The minimum Gasteiger partial charge on any atom is -0.370 e. The number of carbonyl (C=O) groups is 1. The van der Waals surface area contributed by atoms with Gasteiger partial charge in [0.1, 0.15) is 11.5 Å². The van der Waals surface area contributed by atoms with E-state index in [0.29, 0.717) is 12.2 Å². The lowest BCUT2D eigenvalue weighted by Crippen LogP contribution is -2.31. The molecule has 1 N–H and O–H groups in total. The lowest BCUT2D eigenvalue weighted by molar-refractivity contribution is 0.0983. The lowest BCUT2D eigenvalue weighted by Gasteiger charge is -2.20. The summed E-state index contributed by atoms with van der Waals surface area (Å²) in [5.74, 6) is 0.640. The third kappa shape index (κ3) is 3.15. The van der Waals surface area contributed by atoms with Gasteiger partial charge in [0.15, 0.2) is 0 Å². The molecule has 2 rings (SSSR count). The van der Waals surface area contributed by atoms with Crippen LogP contribution in [0, 0.1) is 0 Å². The minimum absolute atomic E-state index is 0.0848. The Hall–Kier alpha value is -2.36. The van der Waals surface area contributed by atoms with Crippen LogP contribution >= 0.6 is 0 Å². The molecule has 2 aromatic rings. The normalized spacial score (nSPS) is 10.1. The maximum atomic E-state index is 12.6. The minimum atomic E-state index is -0.0848. The summed E-state index contributed by atoms with van der Waals surface area (Å²) >= 11 is 0. The highest BCUT2D eigenvalue weighted by molar-refractivity contribution is 6.04. The van der Waals surface area contributed by atoms with Gasteiger partial charge in [-0.3, -0.25) is 4.79 Å². The molecule has 0 aliphatic heterocycles. The molecule has 0 saturated heterocycles. The van der Waals surface area contributed by atoms with Gasteiger partial charge in [-0.1, -0.05) is 24.3 Å². The van der Waals surface area contributed by atoms with Gasteiger partial charge in [-0.25, -0.2) is 4.98 Å². The van der Waals surface area contributed by atoms with Crippen LogP contribution < -0.4 is 10.2 Å². The van der Waals surface area contributed by atoms with Crippen molar-refractivity contribution in [2.24, 2.45) is 0 Å². The van der Waals surface area contributed by atoms with Crippen molar-refractivity contribution in [3.63, 3.8) is 0 Å². The topological polar surface area (TPSA) is 45.2 Å². The molecule has 1 aromatic heterocycles. The van der Waals surface area contributed by atoms with Gasteiger partial charge in [0.25, 0.3) is 5.91 Å². The largest absolute Gasteiger partial charge is 0.370 e. The van der Waals surface area contributed by atoms with Crippen molar-refractivity contribution >= 4 is 17.4 Å². The number of nitrogens with zero attached hydrogens (tertiary/aromatic N) is 2. The molecule has 0 bridgehead atoms. The summed E-state index contributed by atoms with van der Waals surface area (Å²) in [5.41, 5.74) is 1.34. The highest BCUT2D eigenvalue weighted by atomic mass is 16.2. The summed E-state index contributed by atoms with van der Waals surface area (Å²) in [6, 6.07) is 15.1. The van der Waals surface area contributed by atoms with Crippen LogP contribution in [0.5, 0.6) is 0 Å². The van der Waals surface area contributed by atoms with Crippen LogP contribution in [0.1, 0.15) is 24.3 Å². The number of aromatic nitrogens is 1. The number of nitrogens with one attached hydrogen (secondary N) is 1. The van der Waals surface area contributed by atoms with E-state index in [1.807, 2.05) is 56.3 Å². The molecule has 104 valence electrons. The van der Waals surface area contributed by atoms with Gasteiger partial charge in [-0.05, 0) is 38.1 Å². The van der Waals surface area contributed by atoms with Gasteiger partial charge in [0, 0.05) is 18.8 Å². The zero-order valence-electron chi connectivity index (χ0n) is 11.8. The Morgan fingerprint density at radius 1 is 1.10 bits per heavy atom. The molecule has 1 heterocycles. The van der Waals surface area contributed by atoms with Crippen LogP contribution in [0.2, 0.25) is 0 Å². The number of carbonyl (C=O) groups excluding carboxylic acids is 1. The van der Waals surface area contributed by atoms with Crippen LogP contribution in [-0.2, 0) is 0 Å². The third-order valence-electron chi connectivity index (χ3n) is 2.96. The van der Waals surface area contributed by atoms with Crippen LogP contribution in [0.3, 0.4) is 0 Å². The van der Waals surface area contributed by atoms with E-state index < -0.39 is 0 Å². The number of hydrogen-bond acceptors (Lipinski definition) is 3. The highest BCUT2D eigenvalue weighted by Gasteiger charge is 2.17. The summed E-state index contributed by atoms with van der Waals surface area (Å²) in [6.45, 7) is 5.34. The second-order valence-corrected chi connectivity index (χ2v) is 4.32. The molecule has 4 nitrogen and oxygen atoms in total. The predicted octanol–water partition coefficient (Wildman–Crippen LogP) is 3.18. The molecule has 0 aliphatic rings. The fraction of sp³-hybridized carbons (Fsp3) is 0.250. The Morgan fingerprint density at radius 3 is 2.50 bits per heavy atom. The fourth-order valence-electron chi connectivity index (χ4n) is 2.02. The molecule has 0 unspecified atom stereocenters. The first-order valence-corrected chi connectivity index (χ1v) is 6.84. The van der Waals surface area contributed by atoms with Crippen molar-refractivity contribution in [1.82, 2.24) is 4.98 Å². The molecule has 0 radical (unpaired) electrons. The van der Waals surface area contributed by atoms with E-state index in [4.69, 9.17) is 0 Å². The number of hydrogen-bond donors (Lipinski definition) is 1. The Kier molecular flexibility index (Phi) is 4.71. The molecule has 4 heteroatoms. The Balaban J connectivity index is 2.27. The van der Waals surface area contributed by atoms with Crippen molar-refractivity contribution in [2.75, 3.05) is 23.3 Å². The van der Waals surface area contributed by atoms with Crippen molar-refractivity contribution in [2.45, 2.75) is 13.8 Å². The molecule has 0 aliphatic carbocycles. The van der Waals surface area contributed by atoms with E-state index in [-0.39, 0.29) is 5.91 Å². The smallest absolute Gasteiger partial charge is 0.276 e. The summed E-state index contributed by atoms with van der Waals surface area (Å²) in [6.07, 6.45) is 0. The molecule has 20 heavy (non-hydrogen) atoms. The number of rotatable bonds is 5. The van der Waals surface area contributed by atoms with Gasteiger partial charge in [0.05, 0.1) is 0 Å². The van der Waals surface area contributed by atoms with Gasteiger partial charge in [0.2, 0.25) is 0 Å². The first kappa shape index (κ1) is 14.1. The van der Waals surface area contributed by atoms with Gasteiger partial charge in [-0.2, -0.15) is 0 Å². The van der Waals surface area contributed by atoms with E-state index in [0.717, 1.165) is 18.1 Å². The maximum Gasteiger partial charge on any atom is 0.276 e. The number of pyridine rings is 1. The lowest BCUT2D eigenvalue weighted by atomic mass is 10.2. The zero-order chi connectivity index (χ0) is 14.4. The van der Waals surface area contributed by atoms with Gasteiger partial charge >= 0.3 is 0 Å². The molecule has 0 atom stereocenters. The van der Waals surface area contributed by atoms with E-state index in [1.165, 1.54) is 0 Å². The van der Waals surface area contributed by atoms with Crippen LogP contribution in [0.4, 0.5) is 11.5 Å². The summed E-state index contributed by atoms with van der Waals surface area (Å²) in [7, 11) is 0. The quantitative estimate of drug-likeness (QED) is 0.906. The molecule has 0 fully saturated rings. The molecule has 1 aromatic carbocycles. The third-order valence-corrected chi connectivity index (χ3v) is 2.96. The summed E-state index contributed by atoms with van der Waals surface area (Å²) in [4.78, 5) is 18.6. The first-order chi connectivity index (χ1) is 9.76. The van der Waals surface area contributed by atoms with Crippen LogP contribution in [0.25, 0.3) is 0 Å². The van der Waals surface area contributed by atoms with Gasteiger partial charge < -0.3 is 10.2 Å². The van der Waals surface area contributed by atoms with E-state index in [9.17, 15) is 4.79 Å². The number of benzene rings is 1. The monoisotopic (exact) mass is 269 g/mol. The van der Waals surface area contributed by atoms with Crippen molar-refractivity contribution in [3.8, 4) is 0 Å². The Morgan fingerprint density at radius 2 is 1.85 bits per heavy atom. The van der Waals surface area contributed by atoms with Crippen LogP contribution in [-0.4, -0.2) is 24.0 Å². The molecular weight excluding hydrogens is 250 g/mol. The second kappa shape index (κ2) is 6.70. The van der Waals surface area contributed by atoms with Crippen molar-refractivity contribution in [1.29, 1.82) is 0 Å². The van der Waals surface area contributed by atoms with Crippen LogP contribution in [0.15, 0.2) is 48.5 Å². The van der Waals surface area contributed by atoms with Crippen molar-refractivity contribution in [3.05, 3.63) is 54.2 Å². The second-order valence-electron chi connectivity index (χ2n) is 4.32. The first-order valence-electron chi connectivity index (χ1n) is 6.84. The Bertz CT molecular complexity index is 569. The number of amides is 1. The number of anilines is 2. The molecule has 1 amide bonds. The SMILES string of the molecule is CCNc1cccc(C(=O)N(CC)c2ccccc2)n1. The number of para-hydroxylation sites is 1. The zero-order valence-corrected chi connectivity index (χ0v) is 11.8. The highest BCUT2D eigenvalue weighted by Crippen LogP contribution is 2.16. The standard InChI is InChI=1S/C16H19N3O/c1-3-17-15-12-8-11-14(18-15)16(20)19(4-2)13-9-6-5-7-10-13/h5-12H,3-4H2,1-2H3,(H,17,18). The van der Waals surface area contributed by atoms with E-state index in [1.54, 1.807) is 11.0 Å². The average Bonchev–Trinajstić information content (AvgIpc) is 2.50. The summed E-state index contributed by atoms with van der Waals surface area (Å²) in [5, 5.41) is 3.12. The van der Waals surface area contributed by atoms with E-state index in [2.05, 4.69) is 10.3 Å². The van der Waals surface area contributed by atoms with Crippen molar-refractivity contribution < 1.29 is 4.79 Å². The molecule has 0 saturated carbocycles. The van der Waals surface area contributed by atoms with E-state index >= 15 is 0 Å². The average molecular weight is 269 g/mol. The fourth-order valence-corrected chi connectivity index (χ4v) is 2.02. The molecule has 0 spiro atoms. The predicted molar refractivity (Wildman–Crippen MR) is 82.2 cm³/mol. The van der Waals surface area contributed by atoms with Gasteiger partial charge in [-0.15, -0.1) is 0 Å².